The van der Waals surface area contributed by atoms with Crippen LogP contribution < -0.4 is 5.32 Å². The summed E-state index contributed by atoms with van der Waals surface area (Å²) >= 11 is 0. The van der Waals surface area contributed by atoms with E-state index in [1.54, 1.807) is 0 Å². The lowest BCUT2D eigenvalue weighted by atomic mass is 9.49. The van der Waals surface area contributed by atoms with Crippen molar-refractivity contribution in [3.05, 3.63) is 11.8 Å². The van der Waals surface area contributed by atoms with Crippen LogP contribution in [0.5, 0.6) is 0 Å². The molecule has 0 spiro atoms. The smallest absolute Gasteiger partial charge is 0.229 e. The van der Waals surface area contributed by atoms with E-state index in [9.17, 15) is 4.79 Å². The van der Waals surface area contributed by atoms with Crippen LogP contribution in [0, 0.1) is 34.5 Å². The summed E-state index contributed by atoms with van der Waals surface area (Å²) in [6.45, 7) is 7.30. The van der Waals surface area contributed by atoms with Gasteiger partial charge < -0.3 is 10.2 Å². The molecule has 0 radical (unpaired) electrons. The highest BCUT2D eigenvalue weighted by Crippen LogP contribution is 2.65. The molecule has 3 heteroatoms. The second kappa shape index (κ2) is 6.08. The van der Waals surface area contributed by atoms with E-state index in [1.807, 2.05) is 11.9 Å². The maximum Gasteiger partial charge on any atom is 0.229 e. The molecule has 3 nitrogen and oxygen atoms in total. The number of allylic oxidation sites excluding steroid dienone is 2. The van der Waals surface area contributed by atoms with Crippen LogP contribution in [0.2, 0.25) is 0 Å². The van der Waals surface area contributed by atoms with Crippen molar-refractivity contribution in [1.82, 2.24) is 10.2 Å². The molecule has 3 saturated carbocycles. The van der Waals surface area contributed by atoms with Crippen LogP contribution in [0.1, 0.15) is 78.6 Å². The van der Waals surface area contributed by atoms with E-state index in [1.165, 1.54) is 50.6 Å². The van der Waals surface area contributed by atoms with Crippen LogP contribution in [0.3, 0.4) is 0 Å². The van der Waals surface area contributed by atoms with Crippen molar-refractivity contribution in [2.45, 2.75) is 90.6 Å². The maximum atomic E-state index is 12.8. The number of amides is 1. The Labute approximate surface area is 165 Å². The van der Waals surface area contributed by atoms with E-state index >= 15 is 0 Å². The quantitative estimate of drug-likeness (QED) is 0.779. The molecule has 7 atom stereocenters. The molecule has 0 aromatic heterocycles. The molecule has 1 heterocycles. The third-order valence-corrected chi connectivity index (χ3v) is 9.64. The summed E-state index contributed by atoms with van der Waals surface area (Å²) in [6, 6.07) is 1.56. The van der Waals surface area contributed by atoms with E-state index in [0.29, 0.717) is 11.3 Å². The summed E-state index contributed by atoms with van der Waals surface area (Å²) in [5.74, 6) is 3.03. The summed E-state index contributed by atoms with van der Waals surface area (Å²) in [5.41, 5.74) is 2.05. The van der Waals surface area contributed by atoms with Crippen molar-refractivity contribution in [3.63, 3.8) is 0 Å². The molecule has 1 N–H and O–H groups in total. The molecule has 1 amide bonds. The van der Waals surface area contributed by atoms with Gasteiger partial charge in [-0.2, -0.15) is 0 Å². The highest BCUT2D eigenvalue weighted by atomic mass is 16.2. The van der Waals surface area contributed by atoms with Crippen LogP contribution in [0.15, 0.2) is 11.8 Å². The molecular formula is C24H38N2O. The monoisotopic (exact) mass is 370 g/mol. The van der Waals surface area contributed by atoms with Gasteiger partial charge in [-0.3, -0.25) is 4.79 Å². The maximum absolute atomic E-state index is 12.8. The number of carbonyl (C=O) groups excluding carboxylic acids is 1. The first-order chi connectivity index (χ1) is 12.9. The fourth-order valence-corrected chi connectivity index (χ4v) is 7.97. The molecule has 4 aliphatic carbocycles. The normalized spacial score (nSPS) is 49.3. The van der Waals surface area contributed by atoms with Crippen LogP contribution in [-0.4, -0.2) is 29.9 Å². The van der Waals surface area contributed by atoms with Gasteiger partial charge in [-0.05, 0) is 81.0 Å². The topological polar surface area (TPSA) is 32.3 Å². The number of rotatable bonds is 3. The van der Waals surface area contributed by atoms with E-state index in [2.05, 4.69) is 32.2 Å². The van der Waals surface area contributed by atoms with Crippen LogP contribution >= 0.6 is 0 Å². The molecular weight excluding hydrogens is 332 g/mol. The van der Waals surface area contributed by atoms with E-state index in [4.69, 9.17) is 0 Å². The van der Waals surface area contributed by atoms with Gasteiger partial charge in [0, 0.05) is 36.2 Å². The molecule has 0 bridgehead atoms. The number of hydrogen-bond acceptors (Lipinski definition) is 2. The van der Waals surface area contributed by atoms with E-state index in [0.717, 1.165) is 42.7 Å². The van der Waals surface area contributed by atoms with Crippen molar-refractivity contribution >= 4 is 5.91 Å². The number of hydrogen-bond donors (Lipinski definition) is 1. The lowest BCUT2D eigenvalue weighted by Gasteiger charge is -2.59. The first-order valence-electron chi connectivity index (χ1n) is 11.6. The molecule has 1 aliphatic heterocycles. The van der Waals surface area contributed by atoms with Crippen molar-refractivity contribution in [1.29, 1.82) is 0 Å². The Morgan fingerprint density at radius 1 is 1.15 bits per heavy atom. The highest BCUT2D eigenvalue weighted by Gasteiger charge is 2.60. The van der Waals surface area contributed by atoms with Crippen molar-refractivity contribution in [2.75, 3.05) is 7.05 Å². The minimum absolute atomic E-state index is 0.204. The van der Waals surface area contributed by atoms with Crippen molar-refractivity contribution in [2.24, 2.45) is 34.5 Å². The number of likely N-dealkylation sites (tertiary alicyclic amines) is 1. The van der Waals surface area contributed by atoms with Crippen LogP contribution in [0.25, 0.3) is 0 Å². The summed E-state index contributed by atoms with van der Waals surface area (Å²) in [6.07, 6.45) is 14.0. The summed E-state index contributed by atoms with van der Waals surface area (Å²) < 4.78 is 0. The van der Waals surface area contributed by atoms with Gasteiger partial charge in [0.05, 0.1) is 0 Å². The number of nitrogens with zero attached hydrogens (tertiary/aromatic N) is 1. The second-order valence-corrected chi connectivity index (χ2v) is 10.9. The molecule has 0 aromatic rings. The van der Waals surface area contributed by atoms with Gasteiger partial charge in [0.15, 0.2) is 0 Å². The SMILES string of the molecule is CCC1C[C@@]2(C)C(=CC[C@H]3[C@@H]4CC[C@H](NC5CC5)[C@@]4(C)CC[C@@H]32)N(C)C1=O. The van der Waals surface area contributed by atoms with Gasteiger partial charge >= 0.3 is 0 Å². The van der Waals surface area contributed by atoms with E-state index < -0.39 is 0 Å². The average Bonchev–Trinajstić information content (AvgIpc) is 3.40. The predicted octanol–water partition coefficient (Wildman–Crippen LogP) is 4.73. The van der Waals surface area contributed by atoms with Gasteiger partial charge in [-0.25, -0.2) is 0 Å². The third-order valence-electron chi connectivity index (χ3n) is 9.64. The van der Waals surface area contributed by atoms with Gasteiger partial charge in [-0.15, -0.1) is 0 Å². The summed E-state index contributed by atoms with van der Waals surface area (Å²) in [4.78, 5) is 14.8. The van der Waals surface area contributed by atoms with Crippen molar-refractivity contribution in [3.8, 4) is 0 Å². The first-order valence-corrected chi connectivity index (χ1v) is 11.6. The lowest BCUT2D eigenvalue weighted by molar-refractivity contribution is -0.142. The van der Waals surface area contributed by atoms with Crippen LogP contribution in [-0.2, 0) is 4.79 Å². The molecule has 1 saturated heterocycles. The Morgan fingerprint density at radius 2 is 1.93 bits per heavy atom. The zero-order chi connectivity index (χ0) is 19.0. The number of nitrogens with one attached hydrogen (secondary N) is 1. The molecule has 0 aromatic carbocycles. The Bertz CT molecular complexity index is 667. The van der Waals surface area contributed by atoms with E-state index in [-0.39, 0.29) is 11.3 Å². The zero-order valence-corrected chi connectivity index (χ0v) is 17.8. The number of carbonyl (C=O) groups is 1. The fourth-order valence-electron chi connectivity index (χ4n) is 7.97. The van der Waals surface area contributed by atoms with Crippen LogP contribution in [0.4, 0.5) is 0 Å². The Hall–Kier alpha value is -0.830. The molecule has 27 heavy (non-hydrogen) atoms. The predicted molar refractivity (Wildman–Crippen MR) is 109 cm³/mol. The molecule has 4 fully saturated rings. The van der Waals surface area contributed by atoms with Gasteiger partial charge in [0.2, 0.25) is 5.91 Å². The fraction of sp³-hybridized carbons (Fsp3) is 0.875. The van der Waals surface area contributed by atoms with Gasteiger partial charge in [0.25, 0.3) is 0 Å². The first kappa shape index (κ1) is 18.2. The minimum Gasteiger partial charge on any atom is -0.319 e. The lowest BCUT2D eigenvalue weighted by Crippen LogP contribution is -2.57. The highest BCUT2D eigenvalue weighted by molar-refractivity contribution is 5.82. The third kappa shape index (κ3) is 2.52. The second-order valence-electron chi connectivity index (χ2n) is 10.9. The summed E-state index contributed by atoms with van der Waals surface area (Å²) in [5, 5.41) is 4.01. The van der Waals surface area contributed by atoms with Gasteiger partial charge in [0.1, 0.15) is 0 Å². The standard InChI is InChI=1S/C24H38N2O/c1-5-15-14-24(3)19-12-13-23(2)18(9-10-20(23)25-16-6-7-16)17(19)8-11-21(24)26(4)22(15)27/h11,15-20,25H,5-10,12-14H2,1-4H3/t15?,17-,18-,19-,20-,23-,24+/m0/s1. The molecule has 1 unspecified atom stereocenters. The molecule has 5 aliphatic rings. The van der Waals surface area contributed by atoms with Crippen molar-refractivity contribution < 1.29 is 4.79 Å². The molecule has 150 valence electrons. The Balaban J connectivity index is 1.45. The number of fused-ring (bicyclic) bond motifs is 5. The zero-order valence-electron chi connectivity index (χ0n) is 17.8. The summed E-state index contributed by atoms with van der Waals surface area (Å²) in [7, 11) is 2.03. The minimum atomic E-state index is 0.204. The number of piperidine rings is 1. The Kier molecular flexibility index (Phi) is 4.10. The van der Waals surface area contributed by atoms with Gasteiger partial charge in [-0.1, -0.05) is 26.8 Å². The average molecular weight is 371 g/mol. The Morgan fingerprint density at radius 3 is 2.63 bits per heavy atom. The largest absolute Gasteiger partial charge is 0.319 e. The molecule has 5 rings (SSSR count).